The third kappa shape index (κ3) is 4.03. The van der Waals surface area contributed by atoms with Gasteiger partial charge in [-0.1, -0.05) is 48.5 Å². The molecule has 0 unspecified atom stereocenters. The van der Waals surface area contributed by atoms with Gasteiger partial charge in [-0.3, -0.25) is 4.79 Å². The number of phenols is 1. The Bertz CT molecular complexity index is 1340. The molecule has 2 nitrogen and oxygen atoms in total. The maximum atomic E-state index is 12.9. The topological polar surface area (TPSA) is 37.3 Å². The normalized spacial score (nSPS) is 11.0. The molecule has 0 aliphatic carbocycles. The number of phenolic OH excluding ortho intramolecular Hbond substituents is 1. The van der Waals surface area contributed by atoms with Gasteiger partial charge in [0.15, 0.2) is 20.5 Å². The fourth-order valence-corrected chi connectivity index (χ4v) is 5.92. The molecule has 0 atom stereocenters. The second-order valence-electron chi connectivity index (χ2n) is 7.53. The average molecular weight is 434 g/mol. The molecule has 0 saturated heterocycles. The third-order valence-corrected chi connectivity index (χ3v) is 7.61. The van der Waals surface area contributed by atoms with Crippen LogP contribution in [0.15, 0.2) is 136 Å². The minimum absolute atomic E-state index is 0.0516. The Hall–Kier alpha value is -3.82. The van der Waals surface area contributed by atoms with E-state index in [0.29, 0.717) is 11.1 Å². The van der Waals surface area contributed by atoms with Gasteiger partial charge in [0, 0.05) is 17.2 Å². The van der Waals surface area contributed by atoms with Crippen LogP contribution in [0.4, 0.5) is 0 Å². The second kappa shape index (κ2) is 8.74. The van der Waals surface area contributed by atoms with Gasteiger partial charge in [-0.05, 0) is 77.5 Å². The average Bonchev–Trinajstić information content (AvgIpc) is 2.85. The first-order valence-corrected chi connectivity index (χ1v) is 11.6. The van der Waals surface area contributed by atoms with E-state index in [1.807, 2.05) is 30.3 Å². The van der Waals surface area contributed by atoms with Crippen molar-refractivity contribution in [2.45, 2.75) is 14.7 Å². The lowest BCUT2D eigenvalue weighted by atomic mass is 10.00. The number of ketones is 1. The molecule has 0 aromatic heterocycles. The highest BCUT2D eigenvalue weighted by Crippen LogP contribution is 2.33. The van der Waals surface area contributed by atoms with Crippen molar-refractivity contribution in [3.05, 3.63) is 132 Å². The van der Waals surface area contributed by atoms with Crippen molar-refractivity contribution in [3.8, 4) is 5.75 Å². The molecule has 0 spiro atoms. The minimum Gasteiger partial charge on any atom is -0.508 e. The SMILES string of the molecule is O=C(c1ccc(O)cc1)c1ccc2cc([S+](c3ccccc3)c3ccccc3)ccc2c1. The van der Waals surface area contributed by atoms with Crippen molar-refractivity contribution in [1.29, 1.82) is 0 Å². The zero-order chi connectivity index (χ0) is 21.9. The molecule has 32 heavy (non-hydrogen) atoms. The van der Waals surface area contributed by atoms with Crippen LogP contribution in [0.25, 0.3) is 10.8 Å². The summed E-state index contributed by atoms with van der Waals surface area (Å²) >= 11 is 0. The summed E-state index contributed by atoms with van der Waals surface area (Å²) in [6, 6.07) is 39.9. The molecular weight excluding hydrogens is 412 g/mol. The molecule has 5 aromatic carbocycles. The molecule has 3 heteroatoms. The van der Waals surface area contributed by atoms with Crippen LogP contribution in [-0.4, -0.2) is 10.9 Å². The maximum absolute atomic E-state index is 12.9. The number of hydrogen-bond donors (Lipinski definition) is 1. The van der Waals surface area contributed by atoms with Crippen LogP contribution in [0.2, 0.25) is 0 Å². The largest absolute Gasteiger partial charge is 0.508 e. The Morgan fingerprint density at radius 2 is 1.06 bits per heavy atom. The van der Waals surface area contributed by atoms with Gasteiger partial charge in [-0.15, -0.1) is 0 Å². The quantitative estimate of drug-likeness (QED) is 0.242. The number of carbonyl (C=O) groups excluding carboxylic acids is 1. The van der Waals surface area contributed by atoms with Gasteiger partial charge in [0.1, 0.15) is 5.75 Å². The molecule has 0 aliphatic heterocycles. The standard InChI is InChI=1S/C29H20O2S/c30-25-16-13-21(14-17-25)29(31)24-12-11-23-20-28(18-15-22(23)19-24)32(26-7-3-1-4-8-26)27-9-5-2-6-10-27/h1-20H/p+1. The number of hydrogen-bond acceptors (Lipinski definition) is 2. The summed E-state index contributed by atoms with van der Waals surface area (Å²) in [6.45, 7) is 0. The Morgan fingerprint density at radius 3 is 1.69 bits per heavy atom. The van der Waals surface area contributed by atoms with E-state index in [0.717, 1.165) is 10.8 Å². The molecule has 5 rings (SSSR count). The maximum Gasteiger partial charge on any atom is 0.193 e. The van der Waals surface area contributed by atoms with E-state index in [2.05, 4.69) is 66.7 Å². The van der Waals surface area contributed by atoms with Crippen LogP contribution in [0.5, 0.6) is 5.75 Å². The lowest BCUT2D eigenvalue weighted by molar-refractivity contribution is 0.103. The van der Waals surface area contributed by atoms with Crippen LogP contribution >= 0.6 is 0 Å². The third-order valence-electron chi connectivity index (χ3n) is 5.40. The van der Waals surface area contributed by atoms with Crippen LogP contribution in [0, 0.1) is 0 Å². The van der Waals surface area contributed by atoms with E-state index in [9.17, 15) is 9.90 Å². The van der Waals surface area contributed by atoms with Crippen molar-refractivity contribution in [2.24, 2.45) is 0 Å². The van der Waals surface area contributed by atoms with Crippen LogP contribution < -0.4 is 0 Å². The summed E-state index contributed by atoms with van der Waals surface area (Å²) in [5.41, 5.74) is 1.20. The van der Waals surface area contributed by atoms with Crippen LogP contribution in [0.1, 0.15) is 15.9 Å². The van der Waals surface area contributed by atoms with Gasteiger partial charge in [0.05, 0.1) is 10.9 Å². The molecule has 154 valence electrons. The smallest absolute Gasteiger partial charge is 0.193 e. The van der Waals surface area contributed by atoms with Crippen LogP contribution in [0.3, 0.4) is 0 Å². The van der Waals surface area contributed by atoms with E-state index in [1.54, 1.807) is 12.1 Å². The van der Waals surface area contributed by atoms with E-state index in [1.165, 1.54) is 26.8 Å². The zero-order valence-corrected chi connectivity index (χ0v) is 18.1. The van der Waals surface area contributed by atoms with Crippen molar-refractivity contribution < 1.29 is 9.90 Å². The highest BCUT2D eigenvalue weighted by Gasteiger charge is 2.28. The molecule has 1 N–H and O–H groups in total. The molecule has 0 amide bonds. The van der Waals surface area contributed by atoms with Gasteiger partial charge in [0.2, 0.25) is 0 Å². The summed E-state index contributed by atoms with van der Waals surface area (Å²) in [5.74, 6) is 0.101. The van der Waals surface area contributed by atoms with Crippen molar-refractivity contribution in [2.75, 3.05) is 0 Å². The molecule has 0 saturated carbocycles. The monoisotopic (exact) mass is 433 g/mol. The number of fused-ring (bicyclic) bond motifs is 1. The van der Waals surface area contributed by atoms with E-state index >= 15 is 0 Å². The molecule has 0 radical (unpaired) electrons. The fraction of sp³-hybridized carbons (Fsp3) is 0. The zero-order valence-electron chi connectivity index (χ0n) is 17.3. The first-order chi connectivity index (χ1) is 15.7. The molecule has 0 fully saturated rings. The Morgan fingerprint density at radius 1 is 0.531 bits per heavy atom. The van der Waals surface area contributed by atoms with Crippen molar-refractivity contribution >= 4 is 27.5 Å². The Balaban J connectivity index is 1.54. The van der Waals surface area contributed by atoms with Crippen molar-refractivity contribution in [3.63, 3.8) is 0 Å². The predicted molar refractivity (Wildman–Crippen MR) is 131 cm³/mol. The van der Waals surface area contributed by atoms with Gasteiger partial charge >= 0.3 is 0 Å². The highest BCUT2D eigenvalue weighted by molar-refractivity contribution is 7.97. The molecular formula is C29H21O2S+. The lowest BCUT2D eigenvalue weighted by Crippen LogP contribution is -2.05. The molecule has 0 aliphatic rings. The van der Waals surface area contributed by atoms with Crippen molar-refractivity contribution in [1.82, 2.24) is 0 Å². The Labute approximate surface area is 190 Å². The summed E-state index contributed by atoms with van der Waals surface area (Å²) in [4.78, 5) is 16.7. The lowest BCUT2D eigenvalue weighted by Gasteiger charge is -2.09. The molecule has 0 bridgehead atoms. The van der Waals surface area contributed by atoms with Gasteiger partial charge in [0.25, 0.3) is 0 Å². The first kappa shape index (κ1) is 20.1. The Kier molecular flexibility index (Phi) is 5.49. The van der Waals surface area contributed by atoms with Gasteiger partial charge < -0.3 is 5.11 Å². The molecule has 5 aromatic rings. The summed E-state index contributed by atoms with van der Waals surface area (Å²) in [7, 11) is -0.207. The summed E-state index contributed by atoms with van der Waals surface area (Å²) in [6.07, 6.45) is 0. The highest BCUT2D eigenvalue weighted by atomic mass is 32.2. The van der Waals surface area contributed by atoms with E-state index < -0.39 is 0 Å². The fourth-order valence-electron chi connectivity index (χ4n) is 3.79. The molecule has 0 heterocycles. The number of benzene rings is 5. The van der Waals surface area contributed by atoms with E-state index in [4.69, 9.17) is 0 Å². The predicted octanol–water partition coefficient (Wildman–Crippen LogP) is 6.87. The van der Waals surface area contributed by atoms with E-state index in [-0.39, 0.29) is 22.4 Å². The van der Waals surface area contributed by atoms with Crippen LogP contribution in [-0.2, 0) is 10.9 Å². The van der Waals surface area contributed by atoms with Gasteiger partial charge in [-0.2, -0.15) is 0 Å². The van der Waals surface area contributed by atoms with Gasteiger partial charge in [-0.25, -0.2) is 0 Å². The first-order valence-electron chi connectivity index (χ1n) is 10.4. The second-order valence-corrected chi connectivity index (χ2v) is 9.56. The number of rotatable bonds is 5. The number of carbonyl (C=O) groups is 1. The summed E-state index contributed by atoms with van der Waals surface area (Å²) in [5, 5.41) is 11.6. The number of aromatic hydroxyl groups is 1. The minimum atomic E-state index is -0.207. The summed E-state index contributed by atoms with van der Waals surface area (Å²) < 4.78 is 0.